The van der Waals surface area contributed by atoms with Crippen LogP contribution in [-0.4, -0.2) is 38.6 Å². The minimum absolute atomic E-state index is 0.0809. The molecule has 10 heteroatoms. The topological polar surface area (TPSA) is 80.3 Å². The van der Waals surface area contributed by atoms with E-state index >= 15 is 4.39 Å². The van der Waals surface area contributed by atoms with E-state index in [0.717, 1.165) is 0 Å². The molecule has 1 fully saturated rings. The molecule has 33 heavy (non-hydrogen) atoms. The van der Waals surface area contributed by atoms with E-state index in [1.807, 2.05) is 0 Å². The van der Waals surface area contributed by atoms with Crippen LogP contribution in [0.4, 0.5) is 25.1 Å². The SMILES string of the molecule is Cn1cc(-c2ccc(N3CCN(Cc4cc(Cl)ccc4F)C3=O)cc2F)c2c(N)ncnc21. The number of amides is 2. The van der Waals surface area contributed by atoms with Crippen molar-refractivity contribution in [2.24, 2.45) is 7.05 Å². The third-order valence-corrected chi connectivity index (χ3v) is 6.04. The van der Waals surface area contributed by atoms with Crippen molar-refractivity contribution in [2.75, 3.05) is 23.7 Å². The van der Waals surface area contributed by atoms with Gasteiger partial charge in [0, 0.05) is 53.7 Å². The second-order valence-electron chi connectivity index (χ2n) is 7.87. The van der Waals surface area contributed by atoms with Crippen LogP contribution in [0.1, 0.15) is 5.56 Å². The molecule has 1 aliphatic heterocycles. The highest BCUT2D eigenvalue weighted by Crippen LogP contribution is 2.35. The van der Waals surface area contributed by atoms with E-state index in [9.17, 15) is 9.18 Å². The Kier molecular flexibility index (Phi) is 5.13. The first-order valence-electron chi connectivity index (χ1n) is 10.2. The van der Waals surface area contributed by atoms with Gasteiger partial charge < -0.3 is 15.2 Å². The molecular weight excluding hydrogens is 450 g/mol. The summed E-state index contributed by atoms with van der Waals surface area (Å²) in [4.78, 5) is 24.1. The summed E-state index contributed by atoms with van der Waals surface area (Å²) in [6.45, 7) is 0.817. The highest BCUT2D eigenvalue weighted by Gasteiger charge is 2.31. The number of aromatic nitrogens is 3. The van der Waals surface area contributed by atoms with Crippen LogP contribution in [0.3, 0.4) is 0 Å². The molecule has 2 amide bonds. The van der Waals surface area contributed by atoms with Crippen molar-refractivity contribution in [1.82, 2.24) is 19.4 Å². The first kappa shape index (κ1) is 21.1. The lowest BCUT2D eigenvalue weighted by Crippen LogP contribution is -2.31. The number of hydrogen-bond acceptors (Lipinski definition) is 4. The fourth-order valence-corrected chi connectivity index (χ4v) is 4.36. The molecule has 0 saturated carbocycles. The molecule has 2 aromatic heterocycles. The summed E-state index contributed by atoms with van der Waals surface area (Å²) < 4.78 is 31.1. The second kappa shape index (κ2) is 8.00. The molecule has 168 valence electrons. The molecule has 3 heterocycles. The van der Waals surface area contributed by atoms with Crippen molar-refractivity contribution in [3.8, 4) is 11.1 Å². The van der Waals surface area contributed by atoms with Gasteiger partial charge in [-0.15, -0.1) is 0 Å². The zero-order valence-corrected chi connectivity index (χ0v) is 18.4. The van der Waals surface area contributed by atoms with Crippen LogP contribution in [-0.2, 0) is 13.6 Å². The number of fused-ring (bicyclic) bond motifs is 1. The summed E-state index contributed by atoms with van der Waals surface area (Å²) in [7, 11) is 1.80. The molecule has 0 spiro atoms. The Balaban J connectivity index is 1.43. The number of carbonyl (C=O) groups excluding carboxylic acids is 1. The van der Waals surface area contributed by atoms with Crippen molar-refractivity contribution < 1.29 is 13.6 Å². The van der Waals surface area contributed by atoms with E-state index in [1.165, 1.54) is 40.4 Å². The molecule has 0 unspecified atom stereocenters. The predicted octanol–water partition coefficient (Wildman–Crippen LogP) is 4.59. The van der Waals surface area contributed by atoms with Gasteiger partial charge in [-0.05, 0) is 36.4 Å². The minimum Gasteiger partial charge on any atom is -0.383 e. The molecule has 7 nitrogen and oxygen atoms in total. The maximum atomic E-state index is 15.2. The first-order chi connectivity index (χ1) is 15.8. The zero-order chi connectivity index (χ0) is 23.3. The lowest BCUT2D eigenvalue weighted by atomic mass is 10.0. The first-order valence-corrected chi connectivity index (χ1v) is 10.6. The minimum atomic E-state index is -0.504. The van der Waals surface area contributed by atoms with Gasteiger partial charge in [-0.25, -0.2) is 23.5 Å². The van der Waals surface area contributed by atoms with Crippen molar-refractivity contribution in [2.45, 2.75) is 6.54 Å². The lowest BCUT2D eigenvalue weighted by Gasteiger charge is -2.19. The molecule has 0 aliphatic carbocycles. The molecule has 4 aromatic rings. The summed E-state index contributed by atoms with van der Waals surface area (Å²) in [6, 6.07) is 8.51. The Labute approximate surface area is 193 Å². The van der Waals surface area contributed by atoms with Crippen LogP contribution < -0.4 is 10.6 Å². The molecule has 2 aromatic carbocycles. The summed E-state index contributed by atoms with van der Waals surface area (Å²) in [6.07, 6.45) is 3.11. The van der Waals surface area contributed by atoms with Crippen LogP contribution >= 0.6 is 11.6 Å². The van der Waals surface area contributed by atoms with Crippen molar-refractivity contribution in [3.05, 3.63) is 71.1 Å². The number of benzene rings is 2. The molecule has 0 atom stereocenters. The molecule has 2 N–H and O–H groups in total. The van der Waals surface area contributed by atoms with Gasteiger partial charge in [0.2, 0.25) is 0 Å². The van der Waals surface area contributed by atoms with Gasteiger partial charge in [0.05, 0.1) is 11.9 Å². The second-order valence-corrected chi connectivity index (χ2v) is 8.30. The van der Waals surface area contributed by atoms with Crippen LogP contribution in [0, 0.1) is 11.6 Å². The third kappa shape index (κ3) is 3.64. The molecule has 0 bridgehead atoms. The molecule has 0 radical (unpaired) electrons. The number of hydrogen-bond donors (Lipinski definition) is 1. The fourth-order valence-electron chi connectivity index (χ4n) is 4.17. The normalized spacial score (nSPS) is 14.0. The van der Waals surface area contributed by atoms with Gasteiger partial charge in [0.1, 0.15) is 29.4 Å². The average molecular weight is 469 g/mol. The number of nitrogen functional groups attached to an aromatic ring is 1. The zero-order valence-electron chi connectivity index (χ0n) is 17.6. The number of anilines is 2. The van der Waals surface area contributed by atoms with Gasteiger partial charge >= 0.3 is 6.03 Å². The maximum absolute atomic E-state index is 15.2. The summed E-state index contributed by atoms with van der Waals surface area (Å²) in [5.41, 5.74) is 8.26. The Morgan fingerprint density at radius 1 is 1.06 bits per heavy atom. The highest BCUT2D eigenvalue weighted by molar-refractivity contribution is 6.30. The Morgan fingerprint density at radius 3 is 2.67 bits per heavy atom. The van der Waals surface area contributed by atoms with E-state index in [0.29, 0.717) is 51.5 Å². The Bertz CT molecular complexity index is 1410. The molecular formula is C23H19ClF2N6O. The molecule has 1 aliphatic rings. The number of nitrogens with zero attached hydrogens (tertiary/aromatic N) is 5. The summed E-state index contributed by atoms with van der Waals surface area (Å²) in [5, 5.41) is 0.964. The van der Waals surface area contributed by atoms with E-state index in [1.54, 1.807) is 29.9 Å². The van der Waals surface area contributed by atoms with Crippen molar-refractivity contribution >= 4 is 40.2 Å². The number of nitrogens with two attached hydrogens (primary N) is 1. The van der Waals surface area contributed by atoms with Crippen molar-refractivity contribution in [1.29, 1.82) is 0 Å². The Hall–Kier alpha value is -3.72. The van der Waals surface area contributed by atoms with Gasteiger partial charge in [0.15, 0.2) is 0 Å². The summed E-state index contributed by atoms with van der Waals surface area (Å²) >= 11 is 5.95. The van der Waals surface area contributed by atoms with Crippen LogP contribution in [0.2, 0.25) is 5.02 Å². The van der Waals surface area contributed by atoms with Gasteiger partial charge in [0.25, 0.3) is 0 Å². The average Bonchev–Trinajstić information content (AvgIpc) is 3.31. The van der Waals surface area contributed by atoms with Gasteiger partial charge in [-0.2, -0.15) is 0 Å². The number of rotatable bonds is 4. The Morgan fingerprint density at radius 2 is 1.88 bits per heavy atom. The quantitative estimate of drug-likeness (QED) is 0.475. The van der Waals surface area contributed by atoms with E-state index < -0.39 is 11.6 Å². The van der Waals surface area contributed by atoms with E-state index in [4.69, 9.17) is 17.3 Å². The summed E-state index contributed by atoms with van der Waals surface area (Å²) in [5.74, 6) is -0.674. The molecule has 5 rings (SSSR count). The van der Waals surface area contributed by atoms with Crippen LogP contribution in [0.15, 0.2) is 48.9 Å². The third-order valence-electron chi connectivity index (χ3n) is 5.80. The number of urea groups is 1. The molecule has 1 saturated heterocycles. The number of aryl methyl sites for hydroxylation is 1. The van der Waals surface area contributed by atoms with Crippen molar-refractivity contribution in [3.63, 3.8) is 0 Å². The predicted molar refractivity (Wildman–Crippen MR) is 123 cm³/mol. The smallest absolute Gasteiger partial charge is 0.324 e. The standard InChI is InChI=1S/C23H19ClF2N6O/c1-30-11-17(20-21(27)28-12-29-22(20)30)16-4-3-15(9-19(16)26)32-7-6-31(23(32)33)10-13-8-14(24)2-5-18(13)25/h2-5,8-9,11-12H,6-7,10H2,1H3,(H2,27,28,29). The van der Waals surface area contributed by atoms with Crippen LogP contribution in [0.25, 0.3) is 22.2 Å². The number of halogens is 3. The van der Waals surface area contributed by atoms with E-state index in [2.05, 4.69) is 9.97 Å². The lowest BCUT2D eigenvalue weighted by molar-refractivity contribution is 0.218. The van der Waals surface area contributed by atoms with Crippen LogP contribution in [0.5, 0.6) is 0 Å². The van der Waals surface area contributed by atoms with Gasteiger partial charge in [-0.3, -0.25) is 4.90 Å². The number of carbonyl (C=O) groups is 1. The monoisotopic (exact) mass is 468 g/mol. The van der Waals surface area contributed by atoms with Gasteiger partial charge in [-0.1, -0.05) is 11.6 Å². The largest absolute Gasteiger partial charge is 0.383 e. The maximum Gasteiger partial charge on any atom is 0.324 e. The highest BCUT2D eigenvalue weighted by atomic mass is 35.5. The van der Waals surface area contributed by atoms with E-state index in [-0.39, 0.29) is 18.4 Å². The fraction of sp³-hybridized carbons (Fsp3) is 0.174.